The summed E-state index contributed by atoms with van der Waals surface area (Å²) in [5.74, 6) is -0.491. The van der Waals surface area contributed by atoms with Crippen LogP contribution in [-0.4, -0.2) is 49.7 Å². The van der Waals surface area contributed by atoms with Gasteiger partial charge in [0.1, 0.15) is 6.04 Å². The normalized spacial score (nSPS) is 22.2. The average molecular weight is 243 g/mol. The van der Waals surface area contributed by atoms with Gasteiger partial charge in [-0.2, -0.15) is 0 Å². The molecule has 1 aliphatic heterocycles. The van der Waals surface area contributed by atoms with Crippen LogP contribution in [0.5, 0.6) is 0 Å². The number of hydrogen-bond acceptors (Lipinski definition) is 5. The van der Waals surface area contributed by atoms with Crippen molar-refractivity contribution < 1.29 is 19.1 Å². The van der Waals surface area contributed by atoms with E-state index < -0.39 is 0 Å². The molecule has 0 saturated carbocycles. The highest BCUT2D eigenvalue weighted by atomic mass is 16.5. The summed E-state index contributed by atoms with van der Waals surface area (Å²) in [4.78, 5) is 25.1. The van der Waals surface area contributed by atoms with Crippen LogP contribution in [0.3, 0.4) is 0 Å². The zero-order valence-electron chi connectivity index (χ0n) is 10.8. The standard InChI is InChI=1S/C12H21NO4/c1-4-10(12(15)17-5-2)13-7-6-9(8-13)11(14)16-3/h9-10H,4-8H2,1-3H3. The summed E-state index contributed by atoms with van der Waals surface area (Å²) in [5.41, 5.74) is 0. The van der Waals surface area contributed by atoms with E-state index in [4.69, 9.17) is 9.47 Å². The highest BCUT2D eigenvalue weighted by molar-refractivity contribution is 5.76. The second kappa shape index (κ2) is 6.59. The zero-order valence-corrected chi connectivity index (χ0v) is 10.8. The summed E-state index contributed by atoms with van der Waals surface area (Å²) < 4.78 is 9.75. The largest absolute Gasteiger partial charge is 0.469 e. The molecule has 0 aromatic carbocycles. The van der Waals surface area contributed by atoms with Crippen LogP contribution in [0.25, 0.3) is 0 Å². The molecule has 1 saturated heterocycles. The van der Waals surface area contributed by atoms with Crippen molar-refractivity contribution in [3.8, 4) is 0 Å². The van der Waals surface area contributed by atoms with Crippen molar-refractivity contribution in [1.29, 1.82) is 0 Å². The van der Waals surface area contributed by atoms with E-state index in [-0.39, 0.29) is 23.9 Å². The second-order valence-electron chi connectivity index (χ2n) is 4.18. The Morgan fingerprint density at radius 2 is 2.12 bits per heavy atom. The molecule has 5 heteroatoms. The monoisotopic (exact) mass is 243 g/mol. The van der Waals surface area contributed by atoms with Crippen molar-refractivity contribution in [2.45, 2.75) is 32.7 Å². The first-order valence-electron chi connectivity index (χ1n) is 6.12. The third kappa shape index (κ3) is 3.43. The Morgan fingerprint density at radius 3 is 2.65 bits per heavy atom. The fourth-order valence-corrected chi connectivity index (χ4v) is 2.24. The molecule has 0 aliphatic carbocycles. The lowest BCUT2D eigenvalue weighted by atomic mass is 10.1. The first-order chi connectivity index (χ1) is 8.13. The molecule has 0 radical (unpaired) electrons. The summed E-state index contributed by atoms with van der Waals surface area (Å²) in [6, 6.07) is -0.232. The maximum absolute atomic E-state index is 11.7. The van der Waals surface area contributed by atoms with Crippen LogP contribution in [0, 0.1) is 5.92 Å². The minimum absolute atomic E-state index is 0.108. The van der Waals surface area contributed by atoms with E-state index in [1.165, 1.54) is 7.11 Å². The molecular formula is C12H21NO4. The van der Waals surface area contributed by atoms with Gasteiger partial charge in [-0.3, -0.25) is 14.5 Å². The molecule has 1 fully saturated rings. The molecule has 0 aromatic heterocycles. The Labute approximate surface area is 102 Å². The third-order valence-electron chi connectivity index (χ3n) is 3.14. The van der Waals surface area contributed by atoms with E-state index >= 15 is 0 Å². The lowest BCUT2D eigenvalue weighted by Gasteiger charge is -2.24. The van der Waals surface area contributed by atoms with Gasteiger partial charge < -0.3 is 9.47 Å². The lowest BCUT2D eigenvalue weighted by molar-refractivity contribution is -0.150. The fourth-order valence-electron chi connectivity index (χ4n) is 2.24. The van der Waals surface area contributed by atoms with Crippen molar-refractivity contribution in [2.75, 3.05) is 26.8 Å². The summed E-state index contributed by atoms with van der Waals surface area (Å²) in [6.07, 6.45) is 1.45. The molecule has 2 atom stereocenters. The molecule has 0 spiro atoms. The zero-order chi connectivity index (χ0) is 12.8. The molecule has 1 heterocycles. The maximum atomic E-state index is 11.7. The smallest absolute Gasteiger partial charge is 0.323 e. The second-order valence-corrected chi connectivity index (χ2v) is 4.18. The SMILES string of the molecule is CCOC(=O)C(CC)N1CCC(C(=O)OC)C1. The topological polar surface area (TPSA) is 55.8 Å². The number of ether oxygens (including phenoxy) is 2. The van der Waals surface area contributed by atoms with Crippen molar-refractivity contribution in [3.05, 3.63) is 0 Å². The van der Waals surface area contributed by atoms with Crippen LogP contribution in [0.4, 0.5) is 0 Å². The minimum atomic E-state index is -0.232. The minimum Gasteiger partial charge on any atom is -0.469 e. The quantitative estimate of drug-likeness (QED) is 0.669. The van der Waals surface area contributed by atoms with E-state index in [2.05, 4.69) is 0 Å². The Balaban J connectivity index is 2.55. The number of esters is 2. The van der Waals surface area contributed by atoms with Crippen LogP contribution in [0.1, 0.15) is 26.7 Å². The van der Waals surface area contributed by atoms with Crippen LogP contribution >= 0.6 is 0 Å². The van der Waals surface area contributed by atoms with Gasteiger partial charge in [0.2, 0.25) is 0 Å². The summed E-state index contributed by atoms with van der Waals surface area (Å²) >= 11 is 0. The highest BCUT2D eigenvalue weighted by Gasteiger charge is 2.35. The predicted molar refractivity (Wildman–Crippen MR) is 62.4 cm³/mol. The molecule has 0 N–H and O–H groups in total. The molecule has 1 aliphatic rings. The van der Waals surface area contributed by atoms with E-state index in [9.17, 15) is 9.59 Å². The number of carbonyl (C=O) groups excluding carboxylic acids is 2. The van der Waals surface area contributed by atoms with E-state index in [1.807, 2.05) is 11.8 Å². The number of rotatable bonds is 5. The van der Waals surface area contributed by atoms with E-state index in [0.29, 0.717) is 19.6 Å². The molecule has 1 rings (SSSR count). The first-order valence-corrected chi connectivity index (χ1v) is 6.12. The lowest BCUT2D eigenvalue weighted by Crippen LogP contribution is -2.40. The highest BCUT2D eigenvalue weighted by Crippen LogP contribution is 2.21. The van der Waals surface area contributed by atoms with Gasteiger partial charge in [0, 0.05) is 6.54 Å². The van der Waals surface area contributed by atoms with Crippen molar-refractivity contribution >= 4 is 11.9 Å². The van der Waals surface area contributed by atoms with Crippen LogP contribution in [0.15, 0.2) is 0 Å². The van der Waals surface area contributed by atoms with Crippen molar-refractivity contribution in [2.24, 2.45) is 5.92 Å². The Kier molecular flexibility index (Phi) is 5.41. The Hall–Kier alpha value is -1.10. The molecular weight excluding hydrogens is 222 g/mol. The predicted octanol–water partition coefficient (Wildman–Crippen LogP) is 0.823. The number of hydrogen-bond donors (Lipinski definition) is 0. The fraction of sp³-hybridized carbons (Fsp3) is 0.833. The summed E-state index contributed by atoms with van der Waals surface area (Å²) in [6.45, 7) is 5.48. The molecule has 5 nitrogen and oxygen atoms in total. The van der Waals surface area contributed by atoms with Crippen molar-refractivity contribution in [1.82, 2.24) is 4.90 Å². The molecule has 0 bridgehead atoms. The Morgan fingerprint density at radius 1 is 1.41 bits per heavy atom. The molecule has 98 valence electrons. The van der Waals surface area contributed by atoms with Gasteiger partial charge in [-0.15, -0.1) is 0 Å². The molecule has 2 unspecified atom stereocenters. The molecule has 0 amide bonds. The van der Waals surface area contributed by atoms with Gasteiger partial charge in [-0.1, -0.05) is 6.92 Å². The van der Waals surface area contributed by atoms with Gasteiger partial charge >= 0.3 is 11.9 Å². The van der Waals surface area contributed by atoms with Gasteiger partial charge in [0.05, 0.1) is 19.6 Å². The number of likely N-dealkylation sites (tertiary alicyclic amines) is 1. The maximum Gasteiger partial charge on any atom is 0.323 e. The van der Waals surface area contributed by atoms with Crippen LogP contribution in [0.2, 0.25) is 0 Å². The van der Waals surface area contributed by atoms with Crippen LogP contribution < -0.4 is 0 Å². The molecule has 17 heavy (non-hydrogen) atoms. The van der Waals surface area contributed by atoms with Crippen LogP contribution in [-0.2, 0) is 19.1 Å². The van der Waals surface area contributed by atoms with Gasteiger partial charge in [0.15, 0.2) is 0 Å². The van der Waals surface area contributed by atoms with E-state index in [0.717, 1.165) is 13.0 Å². The number of methoxy groups -OCH3 is 1. The summed E-state index contributed by atoms with van der Waals surface area (Å²) in [7, 11) is 1.40. The average Bonchev–Trinajstić information content (AvgIpc) is 2.79. The number of carbonyl (C=O) groups is 2. The summed E-state index contributed by atoms with van der Waals surface area (Å²) in [5, 5.41) is 0. The van der Waals surface area contributed by atoms with Gasteiger partial charge in [-0.25, -0.2) is 0 Å². The van der Waals surface area contributed by atoms with Gasteiger partial charge in [-0.05, 0) is 26.3 Å². The van der Waals surface area contributed by atoms with Gasteiger partial charge in [0.25, 0.3) is 0 Å². The van der Waals surface area contributed by atoms with E-state index in [1.54, 1.807) is 6.92 Å². The third-order valence-corrected chi connectivity index (χ3v) is 3.14. The Bertz CT molecular complexity index is 280. The first kappa shape index (κ1) is 14.0. The molecule has 0 aromatic rings. The number of nitrogens with zero attached hydrogens (tertiary/aromatic N) is 1. The van der Waals surface area contributed by atoms with Crippen molar-refractivity contribution in [3.63, 3.8) is 0 Å².